The fourth-order valence-corrected chi connectivity index (χ4v) is 3.16. The van der Waals surface area contributed by atoms with Crippen LogP contribution in [0.25, 0.3) is 0 Å². The molecule has 0 N–H and O–H groups in total. The third kappa shape index (κ3) is 3.62. The maximum Gasteiger partial charge on any atom is 0.137 e. The summed E-state index contributed by atoms with van der Waals surface area (Å²) in [5.41, 5.74) is 2.48. The first-order chi connectivity index (χ1) is 9.47. The molecule has 1 aromatic rings. The van der Waals surface area contributed by atoms with Gasteiger partial charge in [0.25, 0.3) is 0 Å². The Bertz CT molecular complexity index is 449. The molecule has 0 aromatic heterocycles. The van der Waals surface area contributed by atoms with Crippen molar-refractivity contribution in [3.8, 4) is 0 Å². The quantitative estimate of drug-likeness (QED) is 0.824. The summed E-state index contributed by atoms with van der Waals surface area (Å²) in [5.74, 6) is 2.07. The van der Waals surface area contributed by atoms with Crippen LogP contribution in [0.5, 0.6) is 0 Å². The summed E-state index contributed by atoms with van der Waals surface area (Å²) in [4.78, 5) is 14.4. The molecule has 0 heterocycles. The second-order valence-corrected chi connectivity index (χ2v) is 6.66. The molecule has 20 heavy (non-hydrogen) atoms. The van der Waals surface area contributed by atoms with Gasteiger partial charge in [-0.2, -0.15) is 0 Å². The largest absolute Gasteiger partial charge is 0.374 e. The molecule has 0 bridgehead atoms. The zero-order valence-corrected chi connectivity index (χ0v) is 13.2. The number of hydrogen-bond donors (Lipinski definition) is 0. The van der Waals surface area contributed by atoms with Crippen LogP contribution in [-0.4, -0.2) is 19.4 Å². The number of anilines is 1. The van der Waals surface area contributed by atoms with Gasteiger partial charge in [0.1, 0.15) is 5.78 Å². The number of benzene rings is 1. The van der Waals surface area contributed by atoms with Crippen molar-refractivity contribution >= 4 is 11.5 Å². The first-order valence-electron chi connectivity index (χ1n) is 7.78. The lowest BCUT2D eigenvalue weighted by Gasteiger charge is -2.33. The lowest BCUT2D eigenvalue weighted by molar-refractivity contribution is -0.125. The Balaban J connectivity index is 2.00. The maximum absolute atomic E-state index is 12.2. The fraction of sp³-hybridized carbons (Fsp3) is 0.611. The molecule has 1 aliphatic rings. The van der Waals surface area contributed by atoms with Gasteiger partial charge in [-0.15, -0.1) is 0 Å². The van der Waals surface area contributed by atoms with Crippen molar-refractivity contribution in [1.29, 1.82) is 0 Å². The zero-order valence-electron chi connectivity index (χ0n) is 13.2. The Morgan fingerprint density at radius 3 is 2.50 bits per heavy atom. The summed E-state index contributed by atoms with van der Waals surface area (Å²) in [5, 5.41) is 0. The molecule has 0 aliphatic heterocycles. The topological polar surface area (TPSA) is 20.3 Å². The Morgan fingerprint density at radius 2 is 1.90 bits per heavy atom. The van der Waals surface area contributed by atoms with Crippen molar-refractivity contribution in [3.63, 3.8) is 0 Å². The molecular weight excluding hydrogens is 246 g/mol. The van der Waals surface area contributed by atoms with E-state index in [4.69, 9.17) is 0 Å². The number of rotatable bonds is 4. The van der Waals surface area contributed by atoms with Gasteiger partial charge < -0.3 is 4.90 Å². The van der Waals surface area contributed by atoms with E-state index in [1.54, 1.807) is 0 Å². The average Bonchev–Trinajstić information content (AvgIpc) is 2.41. The molecule has 110 valence electrons. The minimum atomic E-state index is 0.211. The van der Waals surface area contributed by atoms with Gasteiger partial charge in [-0.25, -0.2) is 0 Å². The zero-order chi connectivity index (χ0) is 14.7. The normalized spacial score (nSPS) is 23.1. The Hall–Kier alpha value is -1.31. The van der Waals surface area contributed by atoms with Gasteiger partial charge in [-0.1, -0.05) is 31.5 Å². The fourth-order valence-electron chi connectivity index (χ4n) is 3.16. The standard InChI is InChI=1S/C18H27NO/c1-13(2)15-7-10-18(20)16(11-15)12-19(4)17-8-5-14(3)6-9-17/h5-6,8-9,13,15-16H,7,10-12H2,1-4H3. The van der Waals surface area contributed by atoms with Crippen LogP contribution in [-0.2, 0) is 4.79 Å². The highest BCUT2D eigenvalue weighted by atomic mass is 16.1. The Morgan fingerprint density at radius 1 is 1.25 bits per heavy atom. The molecule has 1 saturated carbocycles. The second kappa shape index (κ2) is 6.43. The van der Waals surface area contributed by atoms with Crippen molar-refractivity contribution in [1.82, 2.24) is 0 Å². The van der Waals surface area contributed by atoms with E-state index in [0.717, 1.165) is 25.8 Å². The monoisotopic (exact) mass is 273 g/mol. The van der Waals surface area contributed by atoms with Crippen LogP contribution in [0, 0.1) is 24.7 Å². The Labute approximate surface area is 123 Å². The first-order valence-corrected chi connectivity index (χ1v) is 7.78. The summed E-state index contributed by atoms with van der Waals surface area (Å²) in [6.45, 7) is 7.51. The van der Waals surface area contributed by atoms with E-state index < -0.39 is 0 Å². The van der Waals surface area contributed by atoms with E-state index in [-0.39, 0.29) is 5.92 Å². The first kappa shape index (κ1) is 15.1. The van der Waals surface area contributed by atoms with Gasteiger partial charge in [0, 0.05) is 31.6 Å². The third-order valence-corrected chi connectivity index (χ3v) is 4.72. The van der Waals surface area contributed by atoms with Crippen molar-refractivity contribution < 1.29 is 4.79 Å². The number of nitrogens with zero attached hydrogens (tertiary/aromatic N) is 1. The van der Waals surface area contributed by atoms with Crippen molar-refractivity contribution in [2.75, 3.05) is 18.5 Å². The molecule has 0 spiro atoms. The van der Waals surface area contributed by atoms with E-state index >= 15 is 0 Å². The SMILES string of the molecule is Cc1ccc(N(C)CC2CC(C(C)C)CCC2=O)cc1. The minimum absolute atomic E-state index is 0.211. The van der Waals surface area contributed by atoms with Gasteiger partial charge in [0.15, 0.2) is 0 Å². The van der Waals surface area contributed by atoms with E-state index in [1.807, 2.05) is 0 Å². The predicted octanol–water partition coefficient (Wildman–Crippen LogP) is 4.07. The maximum atomic E-state index is 12.2. The molecular formula is C18H27NO. The van der Waals surface area contributed by atoms with Gasteiger partial charge in [-0.05, 0) is 43.7 Å². The number of ketones is 1. The van der Waals surface area contributed by atoms with Crippen LogP contribution in [0.1, 0.15) is 38.7 Å². The number of aryl methyl sites for hydroxylation is 1. The summed E-state index contributed by atoms with van der Waals surface area (Å²) in [6, 6.07) is 8.54. The summed E-state index contributed by atoms with van der Waals surface area (Å²) in [6.07, 6.45) is 2.92. The van der Waals surface area contributed by atoms with Gasteiger partial charge in [-0.3, -0.25) is 4.79 Å². The van der Waals surface area contributed by atoms with Crippen molar-refractivity contribution in [3.05, 3.63) is 29.8 Å². The molecule has 2 unspecified atom stereocenters. The molecule has 0 radical (unpaired) electrons. The van der Waals surface area contributed by atoms with Crippen molar-refractivity contribution in [2.45, 2.75) is 40.0 Å². The van der Waals surface area contributed by atoms with Crippen LogP contribution in [0.3, 0.4) is 0 Å². The smallest absolute Gasteiger partial charge is 0.137 e. The van der Waals surface area contributed by atoms with E-state index in [1.165, 1.54) is 11.3 Å². The Kier molecular flexibility index (Phi) is 4.85. The number of carbonyl (C=O) groups is 1. The highest BCUT2D eigenvalue weighted by Gasteiger charge is 2.30. The number of Topliss-reactive ketones (excluding diaryl/α,β-unsaturated/α-hetero) is 1. The van der Waals surface area contributed by atoms with E-state index in [0.29, 0.717) is 17.6 Å². The molecule has 1 aromatic carbocycles. The van der Waals surface area contributed by atoms with Crippen LogP contribution in [0.15, 0.2) is 24.3 Å². The van der Waals surface area contributed by atoms with Crippen molar-refractivity contribution in [2.24, 2.45) is 17.8 Å². The van der Waals surface area contributed by atoms with Gasteiger partial charge in [0.05, 0.1) is 0 Å². The summed E-state index contributed by atoms with van der Waals surface area (Å²) in [7, 11) is 2.09. The number of carbonyl (C=O) groups excluding carboxylic acids is 1. The van der Waals surface area contributed by atoms with Crippen LogP contribution >= 0.6 is 0 Å². The molecule has 1 aliphatic carbocycles. The summed E-state index contributed by atoms with van der Waals surface area (Å²) < 4.78 is 0. The number of hydrogen-bond acceptors (Lipinski definition) is 2. The molecule has 2 nitrogen and oxygen atoms in total. The van der Waals surface area contributed by atoms with E-state index in [9.17, 15) is 4.79 Å². The van der Waals surface area contributed by atoms with Crippen LogP contribution in [0.4, 0.5) is 5.69 Å². The molecule has 2 rings (SSSR count). The second-order valence-electron chi connectivity index (χ2n) is 6.66. The minimum Gasteiger partial charge on any atom is -0.374 e. The van der Waals surface area contributed by atoms with Gasteiger partial charge in [0.2, 0.25) is 0 Å². The van der Waals surface area contributed by atoms with Crippen LogP contribution < -0.4 is 4.90 Å². The summed E-state index contributed by atoms with van der Waals surface area (Å²) >= 11 is 0. The molecule has 2 atom stereocenters. The molecule has 0 saturated heterocycles. The lowest BCUT2D eigenvalue weighted by atomic mass is 9.75. The molecule has 0 amide bonds. The third-order valence-electron chi connectivity index (χ3n) is 4.72. The predicted molar refractivity (Wildman–Crippen MR) is 85.1 cm³/mol. The lowest BCUT2D eigenvalue weighted by Crippen LogP contribution is -2.36. The van der Waals surface area contributed by atoms with Gasteiger partial charge >= 0.3 is 0 Å². The highest BCUT2D eigenvalue weighted by molar-refractivity contribution is 5.82. The molecule has 1 fully saturated rings. The average molecular weight is 273 g/mol. The highest BCUT2D eigenvalue weighted by Crippen LogP contribution is 2.32. The van der Waals surface area contributed by atoms with Crippen LogP contribution in [0.2, 0.25) is 0 Å². The van der Waals surface area contributed by atoms with E-state index in [2.05, 4.69) is 57.0 Å². The molecule has 2 heteroatoms.